The predicted molar refractivity (Wildman–Crippen MR) is 87.0 cm³/mol. The van der Waals surface area contributed by atoms with Crippen molar-refractivity contribution < 1.29 is 4.79 Å². The molecule has 2 N–H and O–H groups in total. The zero-order chi connectivity index (χ0) is 16.3. The van der Waals surface area contributed by atoms with Crippen molar-refractivity contribution in [2.24, 2.45) is 5.41 Å². The van der Waals surface area contributed by atoms with Crippen LogP contribution in [0.5, 0.6) is 0 Å². The Balaban J connectivity index is 1.88. The molecule has 0 bridgehead atoms. The van der Waals surface area contributed by atoms with Gasteiger partial charge in [-0.15, -0.1) is 0 Å². The Kier molecular flexibility index (Phi) is 5.01. The molecule has 0 aromatic carbocycles. The maximum absolute atomic E-state index is 12.3. The van der Waals surface area contributed by atoms with Crippen molar-refractivity contribution in [3.8, 4) is 0 Å². The van der Waals surface area contributed by atoms with Crippen molar-refractivity contribution in [1.29, 1.82) is 0 Å². The highest BCUT2D eigenvalue weighted by Gasteiger charge is 2.30. The molecule has 22 heavy (non-hydrogen) atoms. The fourth-order valence-electron chi connectivity index (χ4n) is 2.74. The van der Waals surface area contributed by atoms with E-state index in [1.165, 1.54) is 0 Å². The number of carbonyl (C=O) groups excluding carboxylic acids is 1. The molecule has 1 aliphatic heterocycles. The lowest BCUT2D eigenvalue weighted by atomic mass is 9.92. The van der Waals surface area contributed by atoms with Gasteiger partial charge in [-0.2, -0.15) is 0 Å². The number of likely N-dealkylation sites (N-methyl/N-ethyl adjacent to an activating group) is 1. The van der Waals surface area contributed by atoms with Crippen LogP contribution in [0.2, 0.25) is 0 Å². The van der Waals surface area contributed by atoms with Gasteiger partial charge in [0.2, 0.25) is 5.91 Å². The van der Waals surface area contributed by atoms with E-state index in [0.717, 1.165) is 25.3 Å². The van der Waals surface area contributed by atoms with E-state index < -0.39 is 0 Å². The van der Waals surface area contributed by atoms with Crippen LogP contribution in [0.4, 0.5) is 5.82 Å². The van der Waals surface area contributed by atoms with Crippen LogP contribution in [0, 0.1) is 5.41 Å². The fraction of sp³-hybridized carbons (Fsp3) is 0.688. The summed E-state index contributed by atoms with van der Waals surface area (Å²) in [5.74, 6) is 1.47. The largest absolute Gasteiger partial charge is 0.384 e. The minimum absolute atomic E-state index is 0.0382. The van der Waals surface area contributed by atoms with E-state index in [1.54, 1.807) is 12.3 Å². The highest BCUT2D eigenvalue weighted by Crippen LogP contribution is 2.23. The molecular formula is C16H27N5O. The SMILES string of the molecule is CN(Cc1nccc(N)n1)[C@@H]1CCN(C(=O)CC(C)(C)C)C1. The van der Waals surface area contributed by atoms with Gasteiger partial charge in [-0.05, 0) is 24.9 Å². The van der Waals surface area contributed by atoms with Crippen molar-refractivity contribution in [2.45, 2.75) is 46.2 Å². The number of nitrogens with two attached hydrogens (primary N) is 1. The van der Waals surface area contributed by atoms with Gasteiger partial charge in [0.25, 0.3) is 0 Å². The molecule has 1 atom stereocenters. The summed E-state index contributed by atoms with van der Waals surface area (Å²) in [6.45, 7) is 8.57. The van der Waals surface area contributed by atoms with Gasteiger partial charge in [-0.3, -0.25) is 9.69 Å². The van der Waals surface area contributed by atoms with E-state index in [-0.39, 0.29) is 11.3 Å². The monoisotopic (exact) mass is 305 g/mol. The molecule has 6 heteroatoms. The van der Waals surface area contributed by atoms with Gasteiger partial charge in [0, 0.05) is 31.7 Å². The number of nitrogens with zero attached hydrogens (tertiary/aromatic N) is 4. The lowest BCUT2D eigenvalue weighted by Crippen LogP contribution is -2.37. The van der Waals surface area contributed by atoms with E-state index in [4.69, 9.17) is 5.73 Å². The quantitative estimate of drug-likeness (QED) is 0.913. The molecule has 0 spiro atoms. The first kappa shape index (κ1) is 16.7. The average Bonchev–Trinajstić information content (AvgIpc) is 2.86. The first-order valence-electron chi connectivity index (χ1n) is 7.80. The summed E-state index contributed by atoms with van der Waals surface area (Å²) in [6.07, 6.45) is 3.27. The van der Waals surface area contributed by atoms with Gasteiger partial charge in [0.15, 0.2) is 0 Å². The number of hydrogen-bond donors (Lipinski definition) is 1. The molecule has 1 fully saturated rings. The maximum Gasteiger partial charge on any atom is 0.223 e. The number of carbonyl (C=O) groups is 1. The van der Waals surface area contributed by atoms with Crippen LogP contribution >= 0.6 is 0 Å². The third kappa shape index (κ3) is 4.66. The van der Waals surface area contributed by atoms with Crippen LogP contribution in [0.25, 0.3) is 0 Å². The Labute approximate surface area is 132 Å². The molecule has 0 radical (unpaired) electrons. The summed E-state index contributed by atoms with van der Waals surface area (Å²) in [7, 11) is 2.05. The zero-order valence-electron chi connectivity index (χ0n) is 14.0. The topological polar surface area (TPSA) is 75.4 Å². The van der Waals surface area contributed by atoms with Gasteiger partial charge in [-0.25, -0.2) is 9.97 Å². The van der Waals surface area contributed by atoms with Crippen LogP contribution in [-0.4, -0.2) is 51.9 Å². The number of aromatic nitrogens is 2. The molecule has 1 aromatic heterocycles. The van der Waals surface area contributed by atoms with Gasteiger partial charge >= 0.3 is 0 Å². The summed E-state index contributed by atoms with van der Waals surface area (Å²) >= 11 is 0. The summed E-state index contributed by atoms with van der Waals surface area (Å²) in [6, 6.07) is 2.04. The van der Waals surface area contributed by atoms with Crippen LogP contribution in [0.1, 0.15) is 39.4 Å². The van der Waals surface area contributed by atoms with Gasteiger partial charge < -0.3 is 10.6 Å². The summed E-state index contributed by atoms with van der Waals surface area (Å²) in [5.41, 5.74) is 5.72. The molecule has 0 unspecified atom stereocenters. The van der Waals surface area contributed by atoms with Gasteiger partial charge in [0.1, 0.15) is 11.6 Å². The highest BCUT2D eigenvalue weighted by atomic mass is 16.2. The van der Waals surface area contributed by atoms with Crippen molar-refractivity contribution >= 4 is 11.7 Å². The first-order valence-corrected chi connectivity index (χ1v) is 7.80. The smallest absolute Gasteiger partial charge is 0.223 e. The number of likely N-dealkylation sites (tertiary alicyclic amines) is 1. The average molecular weight is 305 g/mol. The molecule has 2 rings (SSSR count). The molecule has 1 saturated heterocycles. The zero-order valence-corrected chi connectivity index (χ0v) is 14.0. The number of nitrogen functional groups attached to an aromatic ring is 1. The summed E-state index contributed by atoms with van der Waals surface area (Å²) < 4.78 is 0. The van der Waals surface area contributed by atoms with E-state index in [9.17, 15) is 4.79 Å². The summed E-state index contributed by atoms with van der Waals surface area (Å²) in [5, 5.41) is 0. The van der Waals surface area contributed by atoms with E-state index >= 15 is 0 Å². The second-order valence-corrected chi connectivity index (χ2v) is 7.33. The lowest BCUT2D eigenvalue weighted by molar-refractivity contribution is -0.132. The van der Waals surface area contributed by atoms with E-state index in [1.807, 2.05) is 4.90 Å². The molecule has 1 aliphatic rings. The highest BCUT2D eigenvalue weighted by molar-refractivity contribution is 5.77. The Morgan fingerprint density at radius 2 is 2.23 bits per heavy atom. The molecule has 0 aliphatic carbocycles. The van der Waals surface area contributed by atoms with Crippen molar-refractivity contribution in [1.82, 2.24) is 19.8 Å². The fourth-order valence-corrected chi connectivity index (χ4v) is 2.74. The molecule has 6 nitrogen and oxygen atoms in total. The number of anilines is 1. The summed E-state index contributed by atoms with van der Waals surface area (Å²) in [4.78, 5) is 25.0. The molecule has 0 saturated carbocycles. The molecule has 122 valence electrons. The van der Waals surface area contributed by atoms with Crippen LogP contribution in [-0.2, 0) is 11.3 Å². The van der Waals surface area contributed by atoms with E-state index in [0.29, 0.717) is 24.8 Å². The molecule has 2 heterocycles. The van der Waals surface area contributed by atoms with Gasteiger partial charge in [-0.1, -0.05) is 20.8 Å². The first-order chi connectivity index (χ1) is 10.2. The van der Waals surface area contributed by atoms with Crippen LogP contribution in [0.3, 0.4) is 0 Å². The Bertz CT molecular complexity index is 526. The Morgan fingerprint density at radius 1 is 1.50 bits per heavy atom. The predicted octanol–water partition coefficient (Wildman–Crippen LogP) is 1.53. The maximum atomic E-state index is 12.3. The van der Waals surface area contributed by atoms with Crippen molar-refractivity contribution in [3.63, 3.8) is 0 Å². The standard InChI is InChI=1S/C16H27N5O/c1-16(2,3)9-15(22)21-8-6-12(10-21)20(4)11-14-18-7-5-13(17)19-14/h5,7,12H,6,8-11H2,1-4H3,(H2,17,18,19)/t12-/m1/s1. The molecule has 1 aromatic rings. The van der Waals surface area contributed by atoms with Crippen LogP contribution < -0.4 is 5.73 Å². The molecule has 1 amide bonds. The van der Waals surface area contributed by atoms with Gasteiger partial charge in [0.05, 0.1) is 6.54 Å². The van der Waals surface area contributed by atoms with Crippen LogP contribution in [0.15, 0.2) is 12.3 Å². The number of amides is 1. The van der Waals surface area contributed by atoms with Crippen molar-refractivity contribution in [3.05, 3.63) is 18.1 Å². The van der Waals surface area contributed by atoms with E-state index in [2.05, 4.69) is 42.7 Å². The minimum Gasteiger partial charge on any atom is -0.384 e. The number of rotatable bonds is 4. The second kappa shape index (κ2) is 6.60. The van der Waals surface area contributed by atoms with Crippen molar-refractivity contribution in [2.75, 3.05) is 25.9 Å². The Hall–Kier alpha value is -1.69. The number of hydrogen-bond acceptors (Lipinski definition) is 5. The minimum atomic E-state index is 0.0382. The second-order valence-electron chi connectivity index (χ2n) is 7.33. The normalized spacial score (nSPS) is 19.0. The Morgan fingerprint density at radius 3 is 2.86 bits per heavy atom. The molecular weight excluding hydrogens is 278 g/mol. The third-order valence-corrected chi connectivity index (χ3v) is 3.94. The third-order valence-electron chi connectivity index (χ3n) is 3.94. The lowest BCUT2D eigenvalue weighted by Gasteiger charge is -2.25.